The minimum atomic E-state index is 0.687. The number of nitrogens with one attached hydrogen (secondary N) is 2. The monoisotopic (exact) mass is 266 g/mol. The number of ether oxygens (including phenoxy) is 1. The Morgan fingerprint density at radius 2 is 2.00 bits per heavy atom. The molecule has 0 fully saturated rings. The Kier molecular flexibility index (Phi) is 3.59. The van der Waals surface area contributed by atoms with Gasteiger partial charge in [0.2, 0.25) is 0 Å². The Labute approximate surface area is 118 Å². The lowest BCUT2D eigenvalue weighted by atomic mass is 10.1. The lowest BCUT2D eigenvalue weighted by Crippen LogP contribution is -2.00. The molecule has 0 aliphatic carbocycles. The van der Waals surface area contributed by atoms with Gasteiger partial charge in [-0.25, -0.2) is 0 Å². The number of anilines is 1. The third-order valence-corrected chi connectivity index (χ3v) is 3.31. The second-order valence-corrected chi connectivity index (χ2v) is 4.67. The molecule has 2 aromatic carbocycles. The Morgan fingerprint density at radius 3 is 2.90 bits per heavy atom. The highest BCUT2D eigenvalue weighted by atomic mass is 16.5. The van der Waals surface area contributed by atoms with Crippen LogP contribution in [0, 0.1) is 0 Å². The van der Waals surface area contributed by atoms with Gasteiger partial charge in [-0.05, 0) is 36.8 Å². The average molecular weight is 266 g/mol. The van der Waals surface area contributed by atoms with Crippen LogP contribution in [0.3, 0.4) is 0 Å². The maximum Gasteiger partial charge on any atom is 0.121 e. The molecule has 3 heteroatoms. The molecule has 3 rings (SSSR count). The van der Waals surface area contributed by atoms with E-state index in [9.17, 15) is 0 Å². The molecular formula is C17H18N2O. The van der Waals surface area contributed by atoms with Crippen molar-refractivity contribution in [1.82, 2.24) is 4.98 Å². The minimum Gasteiger partial charge on any atom is -0.494 e. The van der Waals surface area contributed by atoms with Crippen LogP contribution in [0.25, 0.3) is 10.9 Å². The van der Waals surface area contributed by atoms with Gasteiger partial charge in [0.1, 0.15) is 5.75 Å². The highest BCUT2D eigenvalue weighted by Gasteiger charge is 2.02. The number of H-pyrrole nitrogens is 1. The zero-order valence-electron chi connectivity index (χ0n) is 11.5. The zero-order valence-corrected chi connectivity index (χ0v) is 11.5. The molecule has 0 bridgehead atoms. The summed E-state index contributed by atoms with van der Waals surface area (Å²) in [6.45, 7) is 3.48. The van der Waals surface area contributed by atoms with Crippen molar-refractivity contribution >= 4 is 16.6 Å². The van der Waals surface area contributed by atoms with Crippen LogP contribution < -0.4 is 10.1 Å². The van der Waals surface area contributed by atoms with Crippen molar-refractivity contribution in [2.45, 2.75) is 13.5 Å². The molecule has 0 atom stereocenters. The van der Waals surface area contributed by atoms with Crippen LogP contribution in [0.5, 0.6) is 5.75 Å². The van der Waals surface area contributed by atoms with E-state index in [-0.39, 0.29) is 0 Å². The van der Waals surface area contributed by atoms with E-state index < -0.39 is 0 Å². The van der Waals surface area contributed by atoms with Crippen LogP contribution in [-0.4, -0.2) is 11.6 Å². The summed E-state index contributed by atoms with van der Waals surface area (Å²) in [5.41, 5.74) is 3.53. The predicted octanol–water partition coefficient (Wildman–Crippen LogP) is 4.18. The molecule has 0 spiro atoms. The Balaban J connectivity index is 1.76. The van der Waals surface area contributed by atoms with Gasteiger partial charge in [0.15, 0.2) is 0 Å². The Morgan fingerprint density at radius 1 is 1.10 bits per heavy atom. The number of benzene rings is 2. The molecule has 0 aliphatic heterocycles. The SMILES string of the molecule is CCOc1cccc(NCc2cccc3[nH]ccc23)c1. The molecule has 0 amide bonds. The van der Waals surface area contributed by atoms with Gasteiger partial charge in [0.25, 0.3) is 0 Å². The molecule has 0 saturated carbocycles. The fraction of sp³-hybridized carbons (Fsp3) is 0.176. The zero-order chi connectivity index (χ0) is 13.8. The number of aromatic amines is 1. The van der Waals surface area contributed by atoms with Crippen LogP contribution in [0.2, 0.25) is 0 Å². The molecule has 1 heterocycles. The Bertz CT molecular complexity index is 703. The van der Waals surface area contributed by atoms with Gasteiger partial charge in [-0.15, -0.1) is 0 Å². The molecule has 1 aromatic heterocycles. The fourth-order valence-electron chi connectivity index (χ4n) is 2.36. The summed E-state index contributed by atoms with van der Waals surface area (Å²) in [5, 5.41) is 4.71. The van der Waals surface area contributed by atoms with E-state index in [1.165, 1.54) is 16.5 Å². The summed E-state index contributed by atoms with van der Waals surface area (Å²) in [7, 11) is 0. The van der Waals surface area contributed by atoms with E-state index >= 15 is 0 Å². The molecule has 0 aliphatic rings. The Hall–Kier alpha value is -2.42. The molecular weight excluding hydrogens is 248 g/mol. The lowest BCUT2D eigenvalue weighted by Gasteiger charge is -2.09. The van der Waals surface area contributed by atoms with Crippen LogP contribution in [0.15, 0.2) is 54.7 Å². The summed E-state index contributed by atoms with van der Waals surface area (Å²) in [4.78, 5) is 3.24. The maximum atomic E-state index is 5.51. The third kappa shape index (κ3) is 2.62. The van der Waals surface area contributed by atoms with Gasteiger partial charge in [0, 0.05) is 35.4 Å². The molecule has 20 heavy (non-hydrogen) atoms. The highest BCUT2D eigenvalue weighted by molar-refractivity contribution is 5.83. The molecule has 0 radical (unpaired) electrons. The van der Waals surface area contributed by atoms with Gasteiger partial charge < -0.3 is 15.0 Å². The molecule has 3 aromatic rings. The van der Waals surface area contributed by atoms with Gasteiger partial charge in [-0.2, -0.15) is 0 Å². The molecule has 2 N–H and O–H groups in total. The summed E-state index contributed by atoms with van der Waals surface area (Å²) in [6.07, 6.45) is 1.98. The molecule has 102 valence electrons. The van der Waals surface area contributed by atoms with Crippen molar-refractivity contribution in [2.24, 2.45) is 0 Å². The van der Waals surface area contributed by atoms with Gasteiger partial charge >= 0.3 is 0 Å². The number of hydrogen-bond acceptors (Lipinski definition) is 2. The molecule has 3 nitrogen and oxygen atoms in total. The summed E-state index contributed by atoms with van der Waals surface area (Å²) < 4.78 is 5.51. The van der Waals surface area contributed by atoms with Gasteiger partial charge in [-0.3, -0.25) is 0 Å². The first-order chi connectivity index (χ1) is 9.86. The topological polar surface area (TPSA) is 37.0 Å². The lowest BCUT2D eigenvalue weighted by molar-refractivity contribution is 0.340. The number of rotatable bonds is 5. The largest absolute Gasteiger partial charge is 0.494 e. The van der Waals surface area contributed by atoms with Crippen LogP contribution >= 0.6 is 0 Å². The van der Waals surface area contributed by atoms with Crippen LogP contribution in [0.1, 0.15) is 12.5 Å². The summed E-state index contributed by atoms with van der Waals surface area (Å²) >= 11 is 0. The van der Waals surface area contributed by atoms with E-state index in [1.807, 2.05) is 31.3 Å². The van der Waals surface area contributed by atoms with Crippen molar-refractivity contribution in [2.75, 3.05) is 11.9 Å². The highest BCUT2D eigenvalue weighted by Crippen LogP contribution is 2.21. The minimum absolute atomic E-state index is 0.687. The van der Waals surface area contributed by atoms with Gasteiger partial charge in [-0.1, -0.05) is 18.2 Å². The number of fused-ring (bicyclic) bond motifs is 1. The van der Waals surface area contributed by atoms with E-state index in [0.29, 0.717) is 6.61 Å². The fourth-order valence-corrected chi connectivity index (χ4v) is 2.36. The standard InChI is InChI=1S/C17H18N2O/c1-2-20-15-7-4-6-14(11-15)19-12-13-5-3-8-17-16(13)9-10-18-17/h3-11,18-19H,2,12H2,1H3. The first-order valence-corrected chi connectivity index (χ1v) is 6.88. The summed E-state index contributed by atoms with van der Waals surface area (Å²) in [5.74, 6) is 0.900. The molecule has 0 unspecified atom stereocenters. The van der Waals surface area contributed by atoms with Crippen molar-refractivity contribution in [1.29, 1.82) is 0 Å². The first-order valence-electron chi connectivity index (χ1n) is 6.88. The second-order valence-electron chi connectivity index (χ2n) is 4.67. The van der Waals surface area contributed by atoms with Crippen molar-refractivity contribution in [3.05, 3.63) is 60.3 Å². The van der Waals surface area contributed by atoms with Crippen molar-refractivity contribution in [3.63, 3.8) is 0 Å². The van der Waals surface area contributed by atoms with E-state index in [4.69, 9.17) is 4.74 Å². The quantitative estimate of drug-likeness (QED) is 0.727. The smallest absolute Gasteiger partial charge is 0.121 e. The van der Waals surface area contributed by atoms with E-state index in [1.54, 1.807) is 0 Å². The van der Waals surface area contributed by atoms with Crippen molar-refractivity contribution < 1.29 is 4.74 Å². The van der Waals surface area contributed by atoms with Crippen LogP contribution in [-0.2, 0) is 6.54 Å². The molecule has 0 saturated heterocycles. The average Bonchev–Trinajstić information content (AvgIpc) is 2.95. The normalized spacial score (nSPS) is 10.7. The van der Waals surface area contributed by atoms with E-state index in [2.05, 4.69) is 40.6 Å². The number of hydrogen-bond donors (Lipinski definition) is 2. The summed E-state index contributed by atoms with van der Waals surface area (Å²) in [6, 6.07) is 16.5. The maximum absolute atomic E-state index is 5.51. The van der Waals surface area contributed by atoms with Crippen molar-refractivity contribution in [3.8, 4) is 5.75 Å². The second kappa shape index (κ2) is 5.70. The van der Waals surface area contributed by atoms with E-state index in [0.717, 1.165) is 18.0 Å². The first kappa shape index (κ1) is 12.6. The third-order valence-electron chi connectivity index (χ3n) is 3.31. The van der Waals surface area contributed by atoms with Gasteiger partial charge in [0.05, 0.1) is 6.61 Å². The number of aromatic nitrogens is 1. The predicted molar refractivity (Wildman–Crippen MR) is 83.2 cm³/mol. The van der Waals surface area contributed by atoms with Crippen LogP contribution in [0.4, 0.5) is 5.69 Å².